The second-order valence-electron chi connectivity index (χ2n) is 5.32. The average molecular weight is 248 g/mol. The first-order chi connectivity index (χ1) is 8.86. The summed E-state index contributed by atoms with van der Waals surface area (Å²) in [6, 6.07) is 2.62. The van der Waals surface area contributed by atoms with Crippen molar-refractivity contribution in [1.29, 1.82) is 0 Å². The molecule has 3 atom stereocenters. The molecule has 98 valence electrons. The van der Waals surface area contributed by atoms with E-state index in [0.29, 0.717) is 17.9 Å². The summed E-state index contributed by atoms with van der Waals surface area (Å²) in [6.07, 6.45) is 6.99. The summed E-state index contributed by atoms with van der Waals surface area (Å²) < 4.78 is 5.75. The van der Waals surface area contributed by atoms with E-state index in [0.717, 1.165) is 25.3 Å². The van der Waals surface area contributed by atoms with Crippen LogP contribution in [0.2, 0.25) is 0 Å². The van der Waals surface area contributed by atoms with Crippen LogP contribution in [0.5, 0.6) is 5.75 Å². The molecular formula is C14H20N2O2. The predicted octanol–water partition coefficient (Wildman–Crippen LogP) is 1.31. The Hall–Kier alpha value is -1.13. The summed E-state index contributed by atoms with van der Waals surface area (Å²) >= 11 is 0. The van der Waals surface area contributed by atoms with Gasteiger partial charge in [-0.15, -0.1) is 0 Å². The Balaban J connectivity index is 1.55. The minimum Gasteiger partial charge on any atom is -0.490 e. The first-order valence-electron chi connectivity index (χ1n) is 6.79. The number of pyridine rings is 1. The number of hydrogen-bond donors (Lipinski definition) is 2. The predicted molar refractivity (Wildman–Crippen MR) is 68.7 cm³/mol. The Morgan fingerprint density at radius 2 is 2.33 bits per heavy atom. The minimum absolute atomic E-state index is 0.290. The number of hydrogen-bond acceptors (Lipinski definition) is 4. The maximum Gasteiger partial charge on any atom is 0.137 e. The lowest BCUT2D eigenvalue weighted by Gasteiger charge is -2.27. The summed E-state index contributed by atoms with van der Waals surface area (Å²) in [6.45, 7) is 2.13. The molecule has 2 aliphatic rings. The molecule has 0 aromatic carbocycles. The molecule has 1 saturated carbocycles. The molecule has 2 N–H and O–H groups in total. The Bertz CT molecular complexity index is 407. The van der Waals surface area contributed by atoms with E-state index < -0.39 is 0 Å². The molecule has 1 aromatic rings. The van der Waals surface area contributed by atoms with Crippen LogP contribution in [0.1, 0.15) is 30.7 Å². The first-order valence-corrected chi connectivity index (χ1v) is 6.79. The molecule has 0 amide bonds. The molecule has 1 saturated heterocycles. The van der Waals surface area contributed by atoms with Gasteiger partial charge in [0.05, 0.1) is 6.20 Å². The smallest absolute Gasteiger partial charge is 0.137 e. The number of aliphatic hydroxyl groups excluding tert-OH is 1. The van der Waals surface area contributed by atoms with E-state index in [4.69, 9.17) is 9.84 Å². The van der Waals surface area contributed by atoms with Gasteiger partial charge in [0.25, 0.3) is 0 Å². The third-order valence-electron chi connectivity index (χ3n) is 3.96. The van der Waals surface area contributed by atoms with Gasteiger partial charge < -0.3 is 15.2 Å². The highest BCUT2D eigenvalue weighted by atomic mass is 16.5. The van der Waals surface area contributed by atoms with Crippen LogP contribution < -0.4 is 10.1 Å². The van der Waals surface area contributed by atoms with E-state index in [2.05, 4.69) is 16.4 Å². The summed E-state index contributed by atoms with van der Waals surface area (Å²) in [4.78, 5) is 4.25. The molecule has 2 heterocycles. The first kappa shape index (κ1) is 11.9. The lowest BCUT2D eigenvalue weighted by molar-refractivity contribution is 0.216. The van der Waals surface area contributed by atoms with E-state index in [1.807, 2.05) is 6.20 Å². The third kappa shape index (κ3) is 2.65. The van der Waals surface area contributed by atoms with E-state index in [1.165, 1.54) is 18.4 Å². The van der Waals surface area contributed by atoms with Crippen molar-refractivity contribution in [2.75, 3.05) is 19.8 Å². The number of aromatic nitrogens is 1. The van der Waals surface area contributed by atoms with Crippen molar-refractivity contribution in [2.45, 2.75) is 31.2 Å². The molecule has 1 aromatic heterocycles. The molecule has 4 nitrogen and oxygen atoms in total. The zero-order valence-corrected chi connectivity index (χ0v) is 10.5. The maximum absolute atomic E-state index is 8.93. The van der Waals surface area contributed by atoms with Crippen LogP contribution in [-0.2, 0) is 0 Å². The fourth-order valence-corrected chi connectivity index (χ4v) is 2.55. The number of ether oxygens (including phenoxy) is 1. The third-order valence-corrected chi connectivity index (χ3v) is 3.96. The largest absolute Gasteiger partial charge is 0.490 e. The number of aliphatic hydroxyl groups is 1. The van der Waals surface area contributed by atoms with Crippen molar-refractivity contribution < 1.29 is 9.84 Å². The van der Waals surface area contributed by atoms with Gasteiger partial charge in [-0.1, -0.05) is 0 Å². The van der Waals surface area contributed by atoms with Crippen LogP contribution in [0, 0.1) is 5.92 Å². The van der Waals surface area contributed by atoms with Crippen LogP contribution in [0.4, 0.5) is 0 Å². The highest BCUT2D eigenvalue weighted by molar-refractivity contribution is 5.30. The van der Waals surface area contributed by atoms with E-state index >= 15 is 0 Å². The summed E-state index contributed by atoms with van der Waals surface area (Å²) in [5, 5.41) is 12.2. The molecule has 18 heavy (non-hydrogen) atoms. The van der Waals surface area contributed by atoms with Crippen molar-refractivity contribution in [2.24, 2.45) is 5.92 Å². The second kappa shape index (κ2) is 5.24. The minimum atomic E-state index is 0.290. The van der Waals surface area contributed by atoms with Gasteiger partial charge in [-0.05, 0) is 49.3 Å². The fourth-order valence-electron chi connectivity index (χ4n) is 2.55. The van der Waals surface area contributed by atoms with Crippen molar-refractivity contribution in [3.05, 3.63) is 24.0 Å². The van der Waals surface area contributed by atoms with Crippen molar-refractivity contribution in [3.8, 4) is 5.75 Å². The van der Waals surface area contributed by atoms with Gasteiger partial charge in [-0.2, -0.15) is 0 Å². The van der Waals surface area contributed by atoms with Gasteiger partial charge in [-0.25, -0.2) is 0 Å². The fraction of sp³-hybridized carbons (Fsp3) is 0.643. The van der Waals surface area contributed by atoms with Crippen molar-refractivity contribution >= 4 is 0 Å². The Labute approximate surface area is 107 Å². The number of nitrogens with one attached hydrogen (secondary N) is 1. The molecule has 4 heteroatoms. The summed E-state index contributed by atoms with van der Waals surface area (Å²) in [7, 11) is 0. The van der Waals surface area contributed by atoms with Gasteiger partial charge in [0.1, 0.15) is 12.4 Å². The Kier molecular flexibility index (Phi) is 3.48. The van der Waals surface area contributed by atoms with Gasteiger partial charge in [0.15, 0.2) is 0 Å². The normalized spacial score (nSPS) is 29.7. The van der Waals surface area contributed by atoms with E-state index in [-0.39, 0.29) is 6.61 Å². The standard InChI is InChI=1S/C14H20N2O2/c17-4-2-10-6-14(10)11-5-13(8-15-7-11)18-9-12-1-3-16-12/h5,7-8,10,12,14,16-17H,1-4,6,9H2/t10-,12?,14+/m1/s1. The lowest BCUT2D eigenvalue weighted by atomic mass is 10.1. The highest BCUT2D eigenvalue weighted by Gasteiger charge is 2.37. The van der Waals surface area contributed by atoms with Crippen LogP contribution in [0.15, 0.2) is 18.5 Å². The lowest BCUT2D eigenvalue weighted by Crippen LogP contribution is -2.46. The van der Waals surface area contributed by atoms with Gasteiger partial charge in [0, 0.05) is 18.8 Å². The molecule has 1 aliphatic heterocycles. The molecule has 2 fully saturated rings. The van der Waals surface area contributed by atoms with Crippen LogP contribution in [0.25, 0.3) is 0 Å². The topological polar surface area (TPSA) is 54.4 Å². The van der Waals surface area contributed by atoms with Crippen LogP contribution >= 0.6 is 0 Å². The monoisotopic (exact) mass is 248 g/mol. The van der Waals surface area contributed by atoms with E-state index in [9.17, 15) is 0 Å². The van der Waals surface area contributed by atoms with Crippen molar-refractivity contribution in [3.63, 3.8) is 0 Å². The Morgan fingerprint density at radius 1 is 1.44 bits per heavy atom. The molecule has 3 rings (SSSR count). The second-order valence-corrected chi connectivity index (χ2v) is 5.32. The number of nitrogens with zero attached hydrogens (tertiary/aromatic N) is 1. The molecular weight excluding hydrogens is 228 g/mol. The molecule has 0 bridgehead atoms. The summed E-state index contributed by atoms with van der Waals surface area (Å²) in [5.74, 6) is 2.09. The zero-order chi connectivity index (χ0) is 12.4. The summed E-state index contributed by atoms with van der Waals surface area (Å²) in [5.41, 5.74) is 1.26. The van der Waals surface area contributed by atoms with E-state index in [1.54, 1.807) is 6.20 Å². The SMILES string of the molecule is OCC[C@@H]1C[C@@H]1c1cncc(OCC2CCN2)c1. The van der Waals surface area contributed by atoms with Crippen LogP contribution in [0.3, 0.4) is 0 Å². The van der Waals surface area contributed by atoms with Gasteiger partial charge in [0.2, 0.25) is 0 Å². The molecule has 1 unspecified atom stereocenters. The highest BCUT2D eigenvalue weighted by Crippen LogP contribution is 2.49. The van der Waals surface area contributed by atoms with Crippen molar-refractivity contribution in [1.82, 2.24) is 10.3 Å². The zero-order valence-electron chi connectivity index (χ0n) is 10.5. The molecule has 1 aliphatic carbocycles. The van der Waals surface area contributed by atoms with Crippen LogP contribution in [-0.4, -0.2) is 35.9 Å². The molecule has 0 spiro atoms. The van der Waals surface area contributed by atoms with Gasteiger partial charge in [-0.3, -0.25) is 4.98 Å². The quantitative estimate of drug-likeness (QED) is 0.797. The number of rotatable bonds is 6. The molecule has 0 radical (unpaired) electrons. The Morgan fingerprint density at radius 3 is 3.06 bits per heavy atom. The maximum atomic E-state index is 8.93. The average Bonchev–Trinajstić information content (AvgIpc) is 3.07. The van der Waals surface area contributed by atoms with Gasteiger partial charge >= 0.3 is 0 Å².